The van der Waals surface area contributed by atoms with Crippen molar-refractivity contribution < 1.29 is 9.53 Å². The third kappa shape index (κ3) is 2.95. The van der Waals surface area contributed by atoms with Gasteiger partial charge in [-0.3, -0.25) is 4.79 Å². The Kier molecular flexibility index (Phi) is 3.97. The lowest BCUT2D eigenvalue weighted by Gasteiger charge is -2.33. The van der Waals surface area contributed by atoms with Gasteiger partial charge in [0, 0.05) is 19.7 Å². The van der Waals surface area contributed by atoms with Crippen LogP contribution in [0, 0.1) is 19.8 Å². The highest BCUT2D eigenvalue weighted by Crippen LogP contribution is 2.36. The molecule has 0 bridgehead atoms. The van der Waals surface area contributed by atoms with Crippen molar-refractivity contribution in [3.05, 3.63) is 11.6 Å². The van der Waals surface area contributed by atoms with Crippen molar-refractivity contribution in [3.8, 4) is 0 Å². The SMILES string of the molecule is CCOC1CC1C(=O)N1CCCC(n2nc(C)nc2C)C1. The molecule has 1 aromatic heterocycles. The summed E-state index contributed by atoms with van der Waals surface area (Å²) in [6.45, 7) is 8.16. The first-order valence-corrected chi connectivity index (χ1v) is 7.90. The maximum absolute atomic E-state index is 12.5. The van der Waals surface area contributed by atoms with Gasteiger partial charge >= 0.3 is 0 Å². The summed E-state index contributed by atoms with van der Waals surface area (Å²) < 4.78 is 7.52. The fourth-order valence-corrected chi connectivity index (χ4v) is 3.30. The molecule has 1 saturated heterocycles. The van der Waals surface area contributed by atoms with Crippen LogP contribution in [-0.4, -0.2) is 51.4 Å². The van der Waals surface area contributed by atoms with Crippen molar-refractivity contribution in [2.24, 2.45) is 5.92 Å². The molecule has 2 heterocycles. The van der Waals surface area contributed by atoms with Crippen LogP contribution in [0.1, 0.15) is 43.9 Å². The van der Waals surface area contributed by atoms with Crippen LogP contribution in [0.25, 0.3) is 0 Å². The number of amides is 1. The first-order chi connectivity index (χ1) is 10.1. The van der Waals surface area contributed by atoms with E-state index in [-0.39, 0.29) is 24.0 Å². The molecule has 1 amide bonds. The van der Waals surface area contributed by atoms with E-state index in [9.17, 15) is 4.79 Å². The summed E-state index contributed by atoms with van der Waals surface area (Å²) in [5.74, 6) is 2.08. The number of hydrogen-bond acceptors (Lipinski definition) is 4. The van der Waals surface area contributed by atoms with E-state index in [4.69, 9.17) is 4.74 Å². The monoisotopic (exact) mass is 292 g/mol. The van der Waals surface area contributed by atoms with E-state index in [2.05, 4.69) is 10.1 Å². The zero-order chi connectivity index (χ0) is 15.0. The summed E-state index contributed by atoms with van der Waals surface area (Å²) in [4.78, 5) is 18.9. The third-order valence-corrected chi connectivity index (χ3v) is 4.39. The molecule has 6 heteroatoms. The molecule has 1 aliphatic carbocycles. The number of likely N-dealkylation sites (tertiary alicyclic amines) is 1. The lowest BCUT2D eigenvalue weighted by molar-refractivity contribution is -0.135. The summed E-state index contributed by atoms with van der Waals surface area (Å²) in [6, 6.07) is 0.258. The van der Waals surface area contributed by atoms with Gasteiger partial charge in [-0.1, -0.05) is 0 Å². The molecule has 0 spiro atoms. The van der Waals surface area contributed by atoms with E-state index in [1.54, 1.807) is 0 Å². The number of rotatable bonds is 4. The molecule has 1 aliphatic heterocycles. The number of aromatic nitrogens is 3. The van der Waals surface area contributed by atoms with Crippen molar-refractivity contribution in [3.63, 3.8) is 0 Å². The van der Waals surface area contributed by atoms with Gasteiger partial charge in [-0.25, -0.2) is 9.67 Å². The fraction of sp³-hybridized carbons (Fsp3) is 0.800. The zero-order valence-corrected chi connectivity index (χ0v) is 13.1. The molecule has 21 heavy (non-hydrogen) atoms. The van der Waals surface area contributed by atoms with Crippen LogP contribution in [0.15, 0.2) is 0 Å². The van der Waals surface area contributed by atoms with Crippen LogP contribution < -0.4 is 0 Å². The smallest absolute Gasteiger partial charge is 0.228 e. The van der Waals surface area contributed by atoms with Crippen LogP contribution >= 0.6 is 0 Å². The first-order valence-electron chi connectivity index (χ1n) is 7.90. The van der Waals surface area contributed by atoms with Gasteiger partial charge < -0.3 is 9.64 Å². The predicted octanol–water partition coefficient (Wildman–Crippen LogP) is 1.48. The van der Waals surface area contributed by atoms with Gasteiger partial charge in [-0.2, -0.15) is 5.10 Å². The molecule has 2 fully saturated rings. The molecular formula is C15H24N4O2. The number of hydrogen-bond donors (Lipinski definition) is 0. The van der Waals surface area contributed by atoms with Gasteiger partial charge in [-0.05, 0) is 40.0 Å². The average molecular weight is 292 g/mol. The van der Waals surface area contributed by atoms with E-state index in [1.165, 1.54) is 0 Å². The summed E-state index contributed by atoms with van der Waals surface area (Å²) in [6.07, 6.45) is 3.13. The van der Waals surface area contributed by atoms with E-state index in [0.717, 1.165) is 44.0 Å². The Morgan fingerprint density at radius 3 is 2.90 bits per heavy atom. The van der Waals surface area contributed by atoms with Crippen molar-refractivity contribution in [2.75, 3.05) is 19.7 Å². The van der Waals surface area contributed by atoms with E-state index in [0.29, 0.717) is 6.61 Å². The molecule has 3 rings (SSSR count). The molecule has 0 N–H and O–H groups in total. The maximum Gasteiger partial charge on any atom is 0.228 e. The van der Waals surface area contributed by atoms with E-state index >= 15 is 0 Å². The van der Waals surface area contributed by atoms with Crippen LogP contribution in [0.2, 0.25) is 0 Å². The Labute approximate surface area is 125 Å². The number of ether oxygens (including phenoxy) is 1. The highest BCUT2D eigenvalue weighted by molar-refractivity contribution is 5.82. The molecule has 2 aliphatic rings. The molecule has 116 valence electrons. The second kappa shape index (κ2) is 5.75. The van der Waals surface area contributed by atoms with Gasteiger partial charge in [0.05, 0.1) is 18.1 Å². The first kappa shape index (κ1) is 14.5. The number of carbonyl (C=O) groups excluding carboxylic acids is 1. The summed E-state index contributed by atoms with van der Waals surface area (Å²) >= 11 is 0. The third-order valence-electron chi connectivity index (χ3n) is 4.39. The zero-order valence-electron chi connectivity index (χ0n) is 13.1. The standard InChI is InChI=1S/C15H24N4O2/c1-4-21-14-8-13(14)15(20)18-7-5-6-12(9-18)19-11(3)16-10(2)17-19/h12-14H,4-9H2,1-3H3. The molecule has 6 nitrogen and oxygen atoms in total. The van der Waals surface area contributed by atoms with Gasteiger partial charge in [0.1, 0.15) is 11.6 Å². The maximum atomic E-state index is 12.5. The summed E-state index contributed by atoms with van der Waals surface area (Å²) in [5.41, 5.74) is 0. The Balaban J connectivity index is 1.64. The molecule has 3 unspecified atom stereocenters. The van der Waals surface area contributed by atoms with E-state index < -0.39 is 0 Å². The number of piperidine rings is 1. The van der Waals surface area contributed by atoms with Crippen LogP contribution in [0.5, 0.6) is 0 Å². The summed E-state index contributed by atoms with van der Waals surface area (Å²) in [7, 11) is 0. The Hall–Kier alpha value is -1.43. The number of aryl methyl sites for hydroxylation is 2. The van der Waals surface area contributed by atoms with Crippen LogP contribution in [0.3, 0.4) is 0 Å². The fourth-order valence-electron chi connectivity index (χ4n) is 3.30. The largest absolute Gasteiger partial charge is 0.378 e. The van der Waals surface area contributed by atoms with Crippen molar-refractivity contribution in [1.82, 2.24) is 19.7 Å². The van der Waals surface area contributed by atoms with Gasteiger partial charge in [-0.15, -0.1) is 0 Å². The van der Waals surface area contributed by atoms with Crippen molar-refractivity contribution in [1.29, 1.82) is 0 Å². The van der Waals surface area contributed by atoms with Gasteiger partial charge in [0.15, 0.2) is 0 Å². The van der Waals surface area contributed by atoms with Gasteiger partial charge in [0.25, 0.3) is 0 Å². The molecule has 0 radical (unpaired) electrons. The minimum atomic E-state index is 0.0854. The minimum Gasteiger partial charge on any atom is -0.378 e. The van der Waals surface area contributed by atoms with Crippen molar-refractivity contribution in [2.45, 2.75) is 52.2 Å². The van der Waals surface area contributed by atoms with Gasteiger partial charge in [0.2, 0.25) is 5.91 Å². The molecule has 1 aromatic rings. The van der Waals surface area contributed by atoms with Crippen molar-refractivity contribution >= 4 is 5.91 Å². The average Bonchev–Trinajstić information content (AvgIpc) is 3.15. The highest BCUT2D eigenvalue weighted by atomic mass is 16.5. The summed E-state index contributed by atoms with van der Waals surface area (Å²) in [5, 5.41) is 4.48. The van der Waals surface area contributed by atoms with Crippen LogP contribution in [0.4, 0.5) is 0 Å². The van der Waals surface area contributed by atoms with E-state index in [1.807, 2.05) is 30.4 Å². The Bertz CT molecular complexity index is 528. The Morgan fingerprint density at radius 2 is 2.24 bits per heavy atom. The predicted molar refractivity (Wildman–Crippen MR) is 77.9 cm³/mol. The molecular weight excluding hydrogens is 268 g/mol. The molecule has 1 saturated carbocycles. The quantitative estimate of drug-likeness (QED) is 0.843. The van der Waals surface area contributed by atoms with Crippen LogP contribution in [-0.2, 0) is 9.53 Å². The lowest BCUT2D eigenvalue weighted by Crippen LogP contribution is -2.42. The number of carbonyl (C=O) groups is 1. The minimum absolute atomic E-state index is 0.0854. The number of nitrogens with zero attached hydrogens (tertiary/aromatic N) is 4. The molecule has 0 aromatic carbocycles. The highest BCUT2D eigenvalue weighted by Gasteiger charge is 2.46. The molecule has 3 atom stereocenters. The normalized spacial score (nSPS) is 28.7. The lowest BCUT2D eigenvalue weighted by atomic mass is 10.1. The second-order valence-corrected chi connectivity index (χ2v) is 6.07. The topological polar surface area (TPSA) is 60.2 Å². The second-order valence-electron chi connectivity index (χ2n) is 6.07. The Morgan fingerprint density at radius 1 is 1.43 bits per heavy atom.